The van der Waals surface area contributed by atoms with Gasteiger partial charge in [-0.2, -0.15) is 0 Å². The minimum absolute atomic E-state index is 0.159. The van der Waals surface area contributed by atoms with Gasteiger partial charge >= 0.3 is 0 Å². The number of rotatable bonds is 4. The maximum Gasteiger partial charge on any atom is 0.193 e. The summed E-state index contributed by atoms with van der Waals surface area (Å²) in [6, 6.07) is 14.1. The lowest BCUT2D eigenvalue weighted by atomic mass is 9.97. The second-order valence-electron chi connectivity index (χ2n) is 4.81. The summed E-state index contributed by atoms with van der Waals surface area (Å²) in [7, 11) is 0. The van der Waals surface area contributed by atoms with E-state index in [1.807, 2.05) is 31.2 Å². The van der Waals surface area contributed by atoms with Gasteiger partial charge in [-0.15, -0.1) is 0 Å². The van der Waals surface area contributed by atoms with Crippen LogP contribution in [0, 0.1) is 5.82 Å². The van der Waals surface area contributed by atoms with Crippen LogP contribution in [0.25, 0.3) is 10.8 Å². The summed E-state index contributed by atoms with van der Waals surface area (Å²) in [6.45, 7) is 2.78. The lowest BCUT2D eigenvalue weighted by Gasteiger charge is -2.18. The van der Waals surface area contributed by atoms with E-state index in [9.17, 15) is 4.39 Å². The third kappa shape index (κ3) is 2.67. The minimum Gasteiger partial charge on any atom is -0.448 e. The molecule has 108 valence electrons. The standard InChI is InChI=1S/C17H15ClFNO/c1-2-20-17(15-9-10-16(18)21-15)13-7-8-14(19)12-6-4-3-5-11(12)13/h3-10,17,20H,2H2,1H3. The normalized spacial score (nSPS) is 12.7. The van der Waals surface area contributed by atoms with Gasteiger partial charge in [-0.1, -0.05) is 37.3 Å². The number of halogens is 2. The van der Waals surface area contributed by atoms with Gasteiger partial charge in [0.15, 0.2) is 5.22 Å². The molecule has 1 heterocycles. The first kappa shape index (κ1) is 14.1. The van der Waals surface area contributed by atoms with Crippen molar-refractivity contribution in [1.82, 2.24) is 5.32 Å². The molecule has 2 aromatic carbocycles. The first-order chi connectivity index (χ1) is 10.2. The second kappa shape index (κ2) is 5.88. The van der Waals surface area contributed by atoms with Crippen LogP contribution in [0.1, 0.15) is 24.3 Å². The van der Waals surface area contributed by atoms with Gasteiger partial charge in [0, 0.05) is 5.39 Å². The van der Waals surface area contributed by atoms with E-state index in [4.69, 9.17) is 16.0 Å². The molecule has 3 rings (SSSR count). The number of hydrogen-bond acceptors (Lipinski definition) is 2. The predicted molar refractivity (Wildman–Crippen MR) is 83.1 cm³/mol. The van der Waals surface area contributed by atoms with E-state index < -0.39 is 0 Å². The van der Waals surface area contributed by atoms with E-state index >= 15 is 0 Å². The van der Waals surface area contributed by atoms with E-state index in [0.29, 0.717) is 10.6 Å². The van der Waals surface area contributed by atoms with Gasteiger partial charge in [0.2, 0.25) is 0 Å². The van der Waals surface area contributed by atoms with E-state index in [2.05, 4.69) is 5.32 Å². The van der Waals surface area contributed by atoms with E-state index in [1.54, 1.807) is 18.2 Å². The summed E-state index contributed by atoms with van der Waals surface area (Å²) in [6.07, 6.45) is 0. The Bertz CT molecular complexity index is 768. The third-order valence-electron chi connectivity index (χ3n) is 3.50. The maximum atomic E-state index is 14.0. The Balaban J connectivity index is 2.18. The highest BCUT2D eigenvalue weighted by atomic mass is 35.5. The molecule has 1 unspecified atom stereocenters. The molecule has 2 nitrogen and oxygen atoms in total. The van der Waals surface area contributed by atoms with Gasteiger partial charge in [-0.3, -0.25) is 0 Å². The fraction of sp³-hybridized carbons (Fsp3) is 0.176. The van der Waals surface area contributed by atoms with E-state index in [1.165, 1.54) is 6.07 Å². The van der Waals surface area contributed by atoms with Gasteiger partial charge in [0.05, 0.1) is 6.04 Å². The molecular weight excluding hydrogens is 289 g/mol. The zero-order valence-corrected chi connectivity index (χ0v) is 12.3. The zero-order chi connectivity index (χ0) is 14.8. The van der Waals surface area contributed by atoms with Crippen molar-refractivity contribution in [3.63, 3.8) is 0 Å². The molecule has 0 aliphatic heterocycles. The van der Waals surface area contributed by atoms with E-state index in [-0.39, 0.29) is 11.9 Å². The molecule has 0 aliphatic rings. The van der Waals surface area contributed by atoms with Gasteiger partial charge in [-0.25, -0.2) is 4.39 Å². The van der Waals surface area contributed by atoms with Crippen LogP contribution in [-0.2, 0) is 0 Å². The van der Waals surface area contributed by atoms with Gasteiger partial charge < -0.3 is 9.73 Å². The predicted octanol–water partition coefficient (Wildman–Crippen LogP) is 4.92. The molecule has 0 bridgehead atoms. The largest absolute Gasteiger partial charge is 0.448 e. The lowest BCUT2D eigenvalue weighted by molar-refractivity contribution is 0.454. The van der Waals surface area contributed by atoms with Crippen molar-refractivity contribution in [2.75, 3.05) is 6.54 Å². The van der Waals surface area contributed by atoms with E-state index in [0.717, 1.165) is 23.3 Å². The van der Waals surface area contributed by atoms with Crippen LogP contribution < -0.4 is 5.32 Å². The van der Waals surface area contributed by atoms with Crippen LogP contribution in [0.3, 0.4) is 0 Å². The van der Waals surface area contributed by atoms with Crippen molar-refractivity contribution in [2.45, 2.75) is 13.0 Å². The minimum atomic E-state index is -0.220. The van der Waals surface area contributed by atoms with Crippen LogP contribution in [0.2, 0.25) is 5.22 Å². The molecule has 0 saturated carbocycles. The molecule has 21 heavy (non-hydrogen) atoms. The number of benzene rings is 2. The van der Waals surface area contributed by atoms with Crippen molar-refractivity contribution in [3.05, 3.63) is 70.9 Å². The van der Waals surface area contributed by atoms with Crippen LogP contribution in [0.5, 0.6) is 0 Å². The Morgan fingerprint density at radius 3 is 2.52 bits per heavy atom. The summed E-state index contributed by atoms with van der Waals surface area (Å²) < 4.78 is 19.5. The molecule has 1 atom stereocenters. The van der Waals surface area contributed by atoms with Crippen LogP contribution in [0.15, 0.2) is 52.9 Å². The van der Waals surface area contributed by atoms with Gasteiger partial charge in [0.25, 0.3) is 0 Å². The molecule has 0 fully saturated rings. The molecule has 0 radical (unpaired) electrons. The first-order valence-electron chi connectivity index (χ1n) is 6.86. The quantitative estimate of drug-likeness (QED) is 0.739. The molecular formula is C17H15ClFNO. The topological polar surface area (TPSA) is 25.2 Å². The fourth-order valence-corrected chi connectivity index (χ4v) is 2.74. The van der Waals surface area contributed by atoms with Crippen molar-refractivity contribution in [2.24, 2.45) is 0 Å². The molecule has 0 saturated heterocycles. The van der Waals surface area contributed by atoms with Crippen molar-refractivity contribution in [3.8, 4) is 0 Å². The molecule has 0 aliphatic carbocycles. The van der Waals surface area contributed by atoms with Crippen molar-refractivity contribution >= 4 is 22.4 Å². The average molecular weight is 304 g/mol. The molecule has 4 heteroatoms. The highest BCUT2D eigenvalue weighted by Crippen LogP contribution is 2.32. The molecule has 0 spiro atoms. The number of fused-ring (bicyclic) bond motifs is 1. The molecule has 1 aromatic heterocycles. The molecule has 0 amide bonds. The van der Waals surface area contributed by atoms with Crippen LogP contribution in [-0.4, -0.2) is 6.54 Å². The van der Waals surface area contributed by atoms with Crippen molar-refractivity contribution in [1.29, 1.82) is 0 Å². The average Bonchev–Trinajstić information content (AvgIpc) is 2.92. The highest BCUT2D eigenvalue weighted by Gasteiger charge is 2.20. The Kier molecular flexibility index (Phi) is 3.95. The Labute approximate surface area is 127 Å². The summed E-state index contributed by atoms with van der Waals surface area (Å²) >= 11 is 5.88. The first-order valence-corrected chi connectivity index (χ1v) is 7.24. The SMILES string of the molecule is CCNC(c1ccc(Cl)o1)c1ccc(F)c2ccccc12. The number of hydrogen-bond donors (Lipinski definition) is 1. The highest BCUT2D eigenvalue weighted by molar-refractivity contribution is 6.28. The third-order valence-corrected chi connectivity index (χ3v) is 3.71. The second-order valence-corrected chi connectivity index (χ2v) is 5.19. The summed E-state index contributed by atoms with van der Waals surface area (Å²) in [5.74, 6) is 0.501. The van der Waals surface area contributed by atoms with Crippen LogP contribution in [0.4, 0.5) is 4.39 Å². The maximum absolute atomic E-state index is 14.0. The smallest absolute Gasteiger partial charge is 0.193 e. The number of furan rings is 1. The van der Waals surface area contributed by atoms with Crippen molar-refractivity contribution < 1.29 is 8.81 Å². The number of nitrogens with one attached hydrogen (secondary N) is 1. The molecule has 1 N–H and O–H groups in total. The fourth-order valence-electron chi connectivity index (χ4n) is 2.59. The monoisotopic (exact) mass is 303 g/mol. The van der Waals surface area contributed by atoms with Crippen LogP contribution >= 0.6 is 11.6 Å². The Morgan fingerprint density at radius 2 is 1.86 bits per heavy atom. The summed E-state index contributed by atoms with van der Waals surface area (Å²) in [5.41, 5.74) is 0.972. The Hall–Kier alpha value is -1.84. The molecule has 3 aromatic rings. The van der Waals surface area contributed by atoms with Gasteiger partial charge in [0.1, 0.15) is 11.6 Å². The lowest BCUT2D eigenvalue weighted by Crippen LogP contribution is -2.21. The summed E-state index contributed by atoms with van der Waals surface area (Å²) in [5, 5.41) is 5.19. The van der Waals surface area contributed by atoms with Gasteiger partial charge in [-0.05, 0) is 47.3 Å². The Morgan fingerprint density at radius 1 is 1.10 bits per heavy atom. The summed E-state index contributed by atoms with van der Waals surface area (Å²) in [4.78, 5) is 0. The zero-order valence-electron chi connectivity index (χ0n) is 11.6.